The van der Waals surface area contributed by atoms with Crippen molar-refractivity contribution in [1.29, 1.82) is 0 Å². The number of esters is 1. The van der Waals surface area contributed by atoms with Gasteiger partial charge in [-0.25, -0.2) is 14.8 Å². The fourth-order valence-corrected chi connectivity index (χ4v) is 3.72. The molecule has 0 aliphatic carbocycles. The van der Waals surface area contributed by atoms with Crippen LogP contribution in [0.3, 0.4) is 0 Å². The molecule has 0 saturated carbocycles. The SMILES string of the molecule is Cc1nc(-c2ccccc2)sc1C(=O)OCc1nc(-c2ccccc2)oc1C. The van der Waals surface area contributed by atoms with E-state index in [0.717, 1.165) is 16.1 Å². The van der Waals surface area contributed by atoms with Gasteiger partial charge in [0.15, 0.2) is 0 Å². The van der Waals surface area contributed by atoms with Crippen molar-refractivity contribution in [2.45, 2.75) is 20.5 Å². The monoisotopic (exact) mass is 390 g/mol. The predicted molar refractivity (Wildman–Crippen MR) is 108 cm³/mol. The molecule has 6 heteroatoms. The second kappa shape index (κ2) is 7.78. The maximum Gasteiger partial charge on any atom is 0.350 e. The van der Waals surface area contributed by atoms with E-state index < -0.39 is 5.97 Å². The largest absolute Gasteiger partial charge is 0.455 e. The van der Waals surface area contributed by atoms with Crippen molar-refractivity contribution in [2.75, 3.05) is 0 Å². The van der Waals surface area contributed by atoms with E-state index in [-0.39, 0.29) is 6.61 Å². The summed E-state index contributed by atoms with van der Waals surface area (Å²) in [5.74, 6) is 0.753. The lowest BCUT2D eigenvalue weighted by Gasteiger charge is -2.01. The van der Waals surface area contributed by atoms with Crippen molar-refractivity contribution in [3.63, 3.8) is 0 Å². The number of thiazole rings is 1. The highest BCUT2D eigenvalue weighted by Gasteiger charge is 2.19. The zero-order chi connectivity index (χ0) is 19.5. The van der Waals surface area contributed by atoms with Gasteiger partial charge in [-0.2, -0.15) is 0 Å². The molecule has 2 heterocycles. The first-order valence-electron chi connectivity index (χ1n) is 8.83. The lowest BCUT2D eigenvalue weighted by Crippen LogP contribution is -2.05. The van der Waals surface area contributed by atoms with Crippen LogP contribution in [-0.4, -0.2) is 15.9 Å². The molecule has 2 aromatic carbocycles. The van der Waals surface area contributed by atoms with E-state index >= 15 is 0 Å². The van der Waals surface area contributed by atoms with E-state index in [1.807, 2.05) is 74.5 Å². The number of benzene rings is 2. The quantitative estimate of drug-likeness (QED) is 0.425. The molecule has 0 radical (unpaired) electrons. The molecular weight excluding hydrogens is 372 g/mol. The Bertz CT molecular complexity index is 1100. The maximum absolute atomic E-state index is 12.6. The Morgan fingerprint density at radius 1 is 0.964 bits per heavy atom. The first-order valence-corrected chi connectivity index (χ1v) is 9.65. The standard InChI is InChI=1S/C22H18N2O3S/c1-14-19(28-21(23-14)17-11-7-4-8-12-17)22(25)26-13-18-15(2)27-20(24-18)16-9-5-3-6-10-16/h3-12H,13H2,1-2H3. The fraction of sp³-hybridized carbons (Fsp3) is 0.136. The normalized spacial score (nSPS) is 10.8. The zero-order valence-corrected chi connectivity index (χ0v) is 16.3. The fourth-order valence-electron chi connectivity index (χ4n) is 2.76. The Morgan fingerprint density at radius 3 is 2.29 bits per heavy atom. The van der Waals surface area contributed by atoms with E-state index in [1.165, 1.54) is 11.3 Å². The van der Waals surface area contributed by atoms with Gasteiger partial charge in [0.1, 0.15) is 27.9 Å². The van der Waals surface area contributed by atoms with Crippen molar-refractivity contribution in [2.24, 2.45) is 0 Å². The number of hydrogen-bond acceptors (Lipinski definition) is 6. The van der Waals surface area contributed by atoms with Crippen LogP contribution in [0.5, 0.6) is 0 Å². The molecule has 5 nitrogen and oxygen atoms in total. The molecule has 0 aliphatic rings. The third-order valence-corrected chi connectivity index (χ3v) is 5.44. The van der Waals surface area contributed by atoms with Gasteiger partial charge in [0.2, 0.25) is 5.89 Å². The molecule has 0 bridgehead atoms. The van der Waals surface area contributed by atoms with Crippen LogP contribution in [0.1, 0.15) is 26.8 Å². The summed E-state index contributed by atoms with van der Waals surface area (Å²) < 4.78 is 11.2. The Labute approximate surface area is 166 Å². The molecule has 28 heavy (non-hydrogen) atoms. The Hall–Kier alpha value is -3.25. The molecule has 0 saturated heterocycles. The number of carbonyl (C=O) groups excluding carboxylic acids is 1. The summed E-state index contributed by atoms with van der Waals surface area (Å²) in [5.41, 5.74) is 3.14. The molecule has 0 amide bonds. The van der Waals surface area contributed by atoms with Crippen LogP contribution in [0, 0.1) is 13.8 Å². The molecule has 0 atom stereocenters. The summed E-state index contributed by atoms with van der Waals surface area (Å²) in [6.07, 6.45) is 0. The number of carbonyl (C=O) groups is 1. The average molecular weight is 390 g/mol. The Kier molecular flexibility index (Phi) is 5.04. The van der Waals surface area contributed by atoms with E-state index in [0.29, 0.717) is 27.9 Å². The van der Waals surface area contributed by atoms with Gasteiger partial charge in [-0.3, -0.25) is 0 Å². The van der Waals surface area contributed by atoms with E-state index in [9.17, 15) is 4.79 Å². The van der Waals surface area contributed by atoms with Crippen LogP contribution in [-0.2, 0) is 11.3 Å². The lowest BCUT2D eigenvalue weighted by atomic mass is 10.2. The molecule has 0 fully saturated rings. The number of ether oxygens (including phenoxy) is 1. The first kappa shape index (κ1) is 18.1. The van der Waals surface area contributed by atoms with Gasteiger partial charge in [0, 0.05) is 11.1 Å². The van der Waals surface area contributed by atoms with Crippen LogP contribution >= 0.6 is 11.3 Å². The lowest BCUT2D eigenvalue weighted by molar-refractivity contribution is 0.0471. The predicted octanol–water partition coefficient (Wildman–Crippen LogP) is 5.44. The summed E-state index contributed by atoms with van der Waals surface area (Å²) in [7, 11) is 0. The molecular formula is C22H18N2O3S. The van der Waals surface area contributed by atoms with E-state index in [2.05, 4.69) is 9.97 Å². The Morgan fingerprint density at radius 2 is 1.61 bits per heavy atom. The van der Waals surface area contributed by atoms with Crippen molar-refractivity contribution < 1.29 is 13.9 Å². The van der Waals surface area contributed by atoms with Gasteiger partial charge in [-0.1, -0.05) is 48.5 Å². The van der Waals surface area contributed by atoms with Gasteiger partial charge >= 0.3 is 5.97 Å². The van der Waals surface area contributed by atoms with Crippen molar-refractivity contribution in [3.8, 4) is 22.0 Å². The van der Waals surface area contributed by atoms with Gasteiger partial charge in [-0.15, -0.1) is 11.3 Å². The van der Waals surface area contributed by atoms with Gasteiger partial charge < -0.3 is 9.15 Å². The summed E-state index contributed by atoms with van der Waals surface area (Å²) in [5, 5.41) is 0.800. The second-order valence-corrected chi connectivity index (χ2v) is 7.26. The smallest absolute Gasteiger partial charge is 0.350 e. The highest BCUT2D eigenvalue weighted by atomic mass is 32.1. The number of rotatable bonds is 5. The summed E-state index contributed by atoms with van der Waals surface area (Å²) >= 11 is 1.33. The number of aromatic nitrogens is 2. The van der Waals surface area contributed by atoms with Crippen LogP contribution in [0.15, 0.2) is 65.1 Å². The number of hydrogen-bond donors (Lipinski definition) is 0. The number of aryl methyl sites for hydroxylation is 2. The van der Waals surface area contributed by atoms with E-state index in [1.54, 1.807) is 0 Å². The van der Waals surface area contributed by atoms with Gasteiger partial charge in [0.05, 0.1) is 5.69 Å². The minimum absolute atomic E-state index is 0.0546. The van der Waals surface area contributed by atoms with Crippen LogP contribution < -0.4 is 0 Å². The summed E-state index contributed by atoms with van der Waals surface area (Å²) in [6, 6.07) is 19.4. The molecule has 0 aliphatic heterocycles. The van der Waals surface area contributed by atoms with Crippen molar-refractivity contribution >= 4 is 17.3 Å². The topological polar surface area (TPSA) is 65.2 Å². The highest BCUT2D eigenvalue weighted by molar-refractivity contribution is 7.17. The van der Waals surface area contributed by atoms with Crippen LogP contribution in [0.4, 0.5) is 0 Å². The van der Waals surface area contributed by atoms with Crippen LogP contribution in [0.2, 0.25) is 0 Å². The van der Waals surface area contributed by atoms with Gasteiger partial charge in [-0.05, 0) is 26.0 Å². The third-order valence-electron chi connectivity index (χ3n) is 4.26. The number of oxazole rings is 1. The highest BCUT2D eigenvalue weighted by Crippen LogP contribution is 2.29. The van der Waals surface area contributed by atoms with Crippen molar-refractivity contribution in [3.05, 3.63) is 82.7 Å². The minimum Gasteiger partial charge on any atom is -0.455 e. The summed E-state index contributed by atoms with van der Waals surface area (Å²) in [4.78, 5) is 22.0. The number of nitrogens with zero attached hydrogens (tertiary/aromatic N) is 2. The second-order valence-electron chi connectivity index (χ2n) is 6.26. The van der Waals surface area contributed by atoms with Crippen LogP contribution in [0.25, 0.3) is 22.0 Å². The molecule has 140 valence electrons. The maximum atomic E-state index is 12.6. The van der Waals surface area contributed by atoms with Crippen molar-refractivity contribution in [1.82, 2.24) is 9.97 Å². The third kappa shape index (κ3) is 3.73. The average Bonchev–Trinajstić information content (AvgIpc) is 3.30. The molecule has 4 aromatic rings. The molecule has 0 unspecified atom stereocenters. The first-order chi connectivity index (χ1) is 13.6. The molecule has 0 spiro atoms. The molecule has 2 aromatic heterocycles. The Balaban J connectivity index is 1.48. The zero-order valence-electron chi connectivity index (χ0n) is 15.5. The minimum atomic E-state index is -0.402. The van der Waals surface area contributed by atoms with E-state index in [4.69, 9.17) is 9.15 Å². The van der Waals surface area contributed by atoms with Gasteiger partial charge in [0.25, 0.3) is 0 Å². The molecule has 4 rings (SSSR count). The summed E-state index contributed by atoms with van der Waals surface area (Å²) in [6.45, 7) is 3.68. The molecule has 0 N–H and O–H groups in total.